The number of nitrogens with one attached hydrogen (secondary N) is 2. The van der Waals surface area contributed by atoms with E-state index >= 15 is 0 Å². The number of thioether (sulfide) groups is 1. The molecule has 1 atom stereocenters. The molecule has 1 saturated heterocycles. The van der Waals surface area contributed by atoms with Gasteiger partial charge in [-0.3, -0.25) is 24.7 Å². The van der Waals surface area contributed by atoms with Crippen molar-refractivity contribution < 1.29 is 21.8 Å². The minimum absolute atomic E-state index is 0.0612. The Morgan fingerprint density at radius 3 is 2.30 bits per heavy atom. The van der Waals surface area contributed by atoms with E-state index in [4.69, 9.17) is 0 Å². The summed E-state index contributed by atoms with van der Waals surface area (Å²) in [6.07, 6.45) is 4.93. The number of nitro benzene ring substituents is 1. The molecule has 15 nitrogen and oxygen atoms in total. The molecule has 7 rings (SSSR count). The van der Waals surface area contributed by atoms with E-state index in [-0.39, 0.29) is 33.0 Å². The van der Waals surface area contributed by atoms with Crippen LogP contribution in [0.15, 0.2) is 130 Å². The summed E-state index contributed by atoms with van der Waals surface area (Å²) in [4.78, 5) is 32.8. The standard InChI is InChI=1S/C43H47N9O6S3/c1-49(2)21-19-33(29-59-35-9-5-4-6-10-35)47-39-18-16-37(27-41(39)52(53)54)61(57,58)48-43-38-17-13-34(26-40(38)45-30-46-43)51-24-22-50(23-25-51)28-32-8-7-20-44-42(32)31-11-14-36(15-12-31)60(3,55)56/h4-18,20,26-27,30,33,47H,19,21-25,28-29H2,1-3H3,(H,45,46,48)/t33-/m1/s1. The molecule has 1 fully saturated rings. The number of anilines is 3. The SMILES string of the molecule is CN(C)CC[C@H](CSc1ccccc1)Nc1ccc(S(=O)(=O)Nc2ncnc3cc(N4CCN(Cc5cccnc5-c5ccc(S(C)(=O)=O)cc5)CC4)ccc23)cc1[N+](=O)[O-]. The fraction of sp³-hybridized carbons (Fsp3) is 0.279. The molecule has 2 aromatic heterocycles. The van der Waals surface area contributed by atoms with Crippen molar-refractivity contribution in [1.82, 2.24) is 24.8 Å². The number of benzene rings is 4. The Bertz CT molecular complexity index is 2720. The van der Waals surface area contributed by atoms with Crippen molar-refractivity contribution in [3.8, 4) is 11.3 Å². The first-order valence-electron chi connectivity index (χ1n) is 19.6. The molecule has 3 heterocycles. The summed E-state index contributed by atoms with van der Waals surface area (Å²) in [6.45, 7) is 4.45. The molecule has 2 N–H and O–H groups in total. The zero-order valence-electron chi connectivity index (χ0n) is 34.0. The minimum Gasteiger partial charge on any atom is -0.376 e. The number of nitrogens with zero attached hydrogens (tertiary/aromatic N) is 7. The molecule has 1 aliphatic heterocycles. The van der Waals surface area contributed by atoms with Gasteiger partial charge in [0.1, 0.15) is 12.0 Å². The summed E-state index contributed by atoms with van der Waals surface area (Å²) in [6, 6.07) is 30.0. The lowest BCUT2D eigenvalue weighted by Gasteiger charge is -2.36. The second-order valence-electron chi connectivity index (χ2n) is 15.1. The Kier molecular flexibility index (Phi) is 13.5. The van der Waals surface area contributed by atoms with Gasteiger partial charge in [-0.15, -0.1) is 11.8 Å². The first kappa shape index (κ1) is 43.4. The molecule has 4 aromatic carbocycles. The Morgan fingerprint density at radius 1 is 0.852 bits per heavy atom. The van der Waals surface area contributed by atoms with Crippen molar-refractivity contribution in [2.24, 2.45) is 0 Å². The molecule has 0 spiro atoms. The Labute approximate surface area is 360 Å². The number of rotatable bonds is 17. The maximum Gasteiger partial charge on any atom is 0.293 e. The number of piperazine rings is 1. The van der Waals surface area contributed by atoms with E-state index in [1.165, 1.54) is 24.7 Å². The highest BCUT2D eigenvalue weighted by Gasteiger charge is 2.25. The monoisotopic (exact) mass is 881 g/mol. The van der Waals surface area contributed by atoms with Crippen molar-refractivity contribution >= 4 is 65.4 Å². The van der Waals surface area contributed by atoms with Crippen LogP contribution >= 0.6 is 11.8 Å². The van der Waals surface area contributed by atoms with Gasteiger partial charge in [0, 0.05) is 84.6 Å². The van der Waals surface area contributed by atoms with Crippen LogP contribution in [0.3, 0.4) is 0 Å². The van der Waals surface area contributed by atoms with Crippen LogP contribution in [0.5, 0.6) is 0 Å². The van der Waals surface area contributed by atoms with Crippen LogP contribution in [-0.4, -0.2) is 111 Å². The Morgan fingerprint density at radius 2 is 1.59 bits per heavy atom. The van der Waals surface area contributed by atoms with Gasteiger partial charge in [0.25, 0.3) is 15.7 Å². The fourth-order valence-electron chi connectivity index (χ4n) is 7.10. The van der Waals surface area contributed by atoms with E-state index in [1.54, 1.807) is 48.3 Å². The maximum absolute atomic E-state index is 13.8. The van der Waals surface area contributed by atoms with Crippen molar-refractivity contribution in [2.75, 3.05) is 73.8 Å². The molecule has 6 aromatic rings. The molecular weight excluding hydrogens is 835 g/mol. The van der Waals surface area contributed by atoms with Gasteiger partial charge in [-0.25, -0.2) is 26.8 Å². The first-order valence-corrected chi connectivity index (χ1v) is 24.0. The molecule has 0 amide bonds. The zero-order chi connectivity index (χ0) is 43.1. The molecule has 0 unspecified atom stereocenters. The van der Waals surface area contributed by atoms with Crippen LogP contribution in [0.2, 0.25) is 0 Å². The molecule has 0 radical (unpaired) electrons. The number of nitro groups is 1. The third-order valence-corrected chi connectivity index (χ3v) is 14.0. The van der Waals surface area contributed by atoms with Gasteiger partial charge in [-0.1, -0.05) is 36.4 Å². The highest BCUT2D eigenvalue weighted by atomic mass is 32.2. The molecule has 0 saturated carbocycles. The van der Waals surface area contributed by atoms with Crippen molar-refractivity contribution in [3.05, 3.63) is 131 Å². The molecule has 318 valence electrons. The number of sulfonamides is 1. The van der Waals surface area contributed by atoms with E-state index in [2.05, 4.69) is 34.8 Å². The minimum atomic E-state index is -4.29. The van der Waals surface area contributed by atoms with Gasteiger partial charge in [0.15, 0.2) is 15.7 Å². The van der Waals surface area contributed by atoms with Crippen LogP contribution in [0.25, 0.3) is 22.2 Å². The smallest absolute Gasteiger partial charge is 0.293 e. The van der Waals surface area contributed by atoms with E-state index in [1.807, 2.05) is 73.6 Å². The molecule has 0 bridgehead atoms. The average Bonchev–Trinajstić information content (AvgIpc) is 3.25. The Hall–Kier alpha value is -5.66. The van der Waals surface area contributed by atoms with E-state index in [0.717, 1.165) is 66.2 Å². The van der Waals surface area contributed by atoms with Gasteiger partial charge in [-0.2, -0.15) is 0 Å². The molecule has 18 heteroatoms. The highest BCUT2D eigenvalue weighted by molar-refractivity contribution is 7.99. The van der Waals surface area contributed by atoms with Crippen LogP contribution in [0.4, 0.5) is 22.9 Å². The van der Waals surface area contributed by atoms with Crippen molar-refractivity contribution in [1.29, 1.82) is 0 Å². The molecule has 61 heavy (non-hydrogen) atoms. The first-order chi connectivity index (χ1) is 29.2. The second-order valence-corrected chi connectivity index (χ2v) is 19.9. The quantitative estimate of drug-likeness (QED) is 0.0564. The summed E-state index contributed by atoms with van der Waals surface area (Å²) in [5, 5.41) is 16.1. The highest BCUT2D eigenvalue weighted by Crippen LogP contribution is 2.33. The lowest BCUT2D eigenvalue weighted by molar-refractivity contribution is -0.384. The largest absolute Gasteiger partial charge is 0.376 e. The third kappa shape index (κ3) is 11.0. The lowest BCUT2D eigenvalue weighted by Crippen LogP contribution is -2.46. The van der Waals surface area contributed by atoms with Crippen LogP contribution in [-0.2, 0) is 26.4 Å². The van der Waals surface area contributed by atoms with Gasteiger partial charge in [0.05, 0.1) is 25.9 Å². The molecular formula is C43H47N9O6S3. The fourth-order valence-corrected chi connectivity index (χ4v) is 9.77. The summed E-state index contributed by atoms with van der Waals surface area (Å²) >= 11 is 1.64. The number of hydrogen-bond acceptors (Lipinski definition) is 14. The van der Waals surface area contributed by atoms with Gasteiger partial charge in [-0.05, 0) is 93.3 Å². The average molecular weight is 882 g/mol. The van der Waals surface area contributed by atoms with E-state index in [9.17, 15) is 26.9 Å². The number of pyridine rings is 1. The van der Waals surface area contributed by atoms with Gasteiger partial charge < -0.3 is 15.1 Å². The number of fused-ring (bicyclic) bond motifs is 1. The number of hydrogen-bond donors (Lipinski definition) is 2. The normalized spacial score (nSPS) is 14.3. The van der Waals surface area contributed by atoms with E-state index in [0.29, 0.717) is 29.6 Å². The lowest BCUT2D eigenvalue weighted by atomic mass is 10.1. The number of sulfone groups is 1. The van der Waals surface area contributed by atoms with E-state index < -0.39 is 24.8 Å². The maximum atomic E-state index is 13.8. The van der Waals surface area contributed by atoms with Crippen LogP contribution < -0.4 is 14.9 Å². The predicted molar refractivity (Wildman–Crippen MR) is 241 cm³/mol. The predicted octanol–water partition coefficient (Wildman–Crippen LogP) is 6.65. The topological polar surface area (TPSA) is 184 Å². The van der Waals surface area contributed by atoms with Gasteiger partial charge >= 0.3 is 0 Å². The summed E-state index contributed by atoms with van der Waals surface area (Å²) < 4.78 is 54.0. The number of aromatic nitrogens is 3. The molecule has 0 aliphatic carbocycles. The molecule has 1 aliphatic rings. The zero-order valence-corrected chi connectivity index (χ0v) is 36.5. The second kappa shape index (κ2) is 18.9. The summed E-state index contributed by atoms with van der Waals surface area (Å²) in [5.74, 6) is 0.711. The van der Waals surface area contributed by atoms with Crippen LogP contribution in [0.1, 0.15) is 12.0 Å². The summed E-state index contributed by atoms with van der Waals surface area (Å²) in [7, 11) is -3.66. The van der Waals surface area contributed by atoms with Crippen molar-refractivity contribution in [3.63, 3.8) is 0 Å². The van der Waals surface area contributed by atoms with Gasteiger partial charge in [0.2, 0.25) is 0 Å². The summed E-state index contributed by atoms with van der Waals surface area (Å²) in [5.41, 5.74) is 4.06. The van der Waals surface area contributed by atoms with Crippen LogP contribution in [0, 0.1) is 10.1 Å². The Balaban J connectivity index is 1.02. The van der Waals surface area contributed by atoms with Crippen molar-refractivity contribution in [2.45, 2.75) is 33.7 Å². The third-order valence-electron chi connectivity index (χ3n) is 10.4.